The van der Waals surface area contributed by atoms with Crippen molar-refractivity contribution in [2.45, 2.75) is 13.1 Å². The Kier molecular flexibility index (Phi) is 4.10. The summed E-state index contributed by atoms with van der Waals surface area (Å²) in [7, 11) is 0. The molecule has 2 rings (SSSR count). The van der Waals surface area contributed by atoms with E-state index in [-0.39, 0.29) is 5.69 Å². The summed E-state index contributed by atoms with van der Waals surface area (Å²) in [6, 6.07) is 10.1. The number of benzene rings is 2. The zero-order valence-corrected chi connectivity index (χ0v) is 11.7. The smallest absolute Gasteiger partial charge is 0.355 e. The van der Waals surface area contributed by atoms with E-state index in [0.29, 0.717) is 10.7 Å². The van der Waals surface area contributed by atoms with Gasteiger partial charge in [0.05, 0.1) is 17.2 Å². The number of nitriles is 1. The maximum atomic E-state index is 12.9. The third-order valence-corrected chi connectivity index (χ3v) is 3.16. The van der Waals surface area contributed by atoms with Gasteiger partial charge in [-0.25, -0.2) is 0 Å². The van der Waals surface area contributed by atoms with Gasteiger partial charge in [-0.05, 0) is 42.8 Å². The summed E-state index contributed by atoms with van der Waals surface area (Å²) in [5.74, 6) is 0. The molecule has 0 aliphatic heterocycles. The molecule has 0 heterocycles. The summed E-state index contributed by atoms with van der Waals surface area (Å²) in [6.45, 7) is 1.81. The number of hydrogen-bond acceptors (Lipinski definition) is 2. The van der Waals surface area contributed by atoms with E-state index in [0.717, 1.165) is 17.7 Å². The zero-order valence-electron chi connectivity index (χ0n) is 10.9. The Morgan fingerprint density at radius 2 is 1.86 bits per heavy atom. The van der Waals surface area contributed by atoms with E-state index in [2.05, 4.69) is 5.32 Å². The molecule has 0 aromatic heterocycles. The number of rotatable bonds is 2. The third kappa shape index (κ3) is 3.47. The van der Waals surface area contributed by atoms with Crippen LogP contribution in [0, 0.1) is 18.3 Å². The predicted molar refractivity (Wildman–Crippen MR) is 75.6 cm³/mol. The van der Waals surface area contributed by atoms with Crippen LogP contribution in [-0.4, -0.2) is 0 Å². The second kappa shape index (κ2) is 5.66. The monoisotopic (exact) mass is 310 g/mol. The standard InChI is InChI=1S/C15H10ClF3N2/c1-9-2-4-11(16)6-14(9)21-12-5-3-10(8-20)13(7-12)15(17,18)19/h2-7,21H,1H3. The fourth-order valence-electron chi connectivity index (χ4n) is 1.84. The highest BCUT2D eigenvalue weighted by molar-refractivity contribution is 6.30. The van der Waals surface area contributed by atoms with Crippen LogP contribution in [-0.2, 0) is 6.18 Å². The van der Waals surface area contributed by atoms with Crippen LogP contribution >= 0.6 is 11.6 Å². The SMILES string of the molecule is Cc1ccc(Cl)cc1Nc1ccc(C#N)c(C(F)(F)F)c1. The molecule has 0 saturated carbocycles. The van der Waals surface area contributed by atoms with Crippen molar-refractivity contribution in [3.05, 3.63) is 58.1 Å². The van der Waals surface area contributed by atoms with E-state index in [9.17, 15) is 13.2 Å². The molecule has 0 atom stereocenters. The van der Waals surface area contributed by atoms with E-state index in [1.54, 1.807) is 24.3 Å². The van der Waals surface area contributed by atoms with Crippen LogP contribution in [0.1, 0.15) is 16.7 Å². The molecule has 2 nitrogen and oxygen atoms in total. The molecular weight excluding hydrogens is 301 g/mol. The number of anilines is 2. The second-order valence-electron chi connectivity index (χ2n) is 4.45. The van der Waals surface area contributed by atoms with Gasteiger partial charge in [0.15, 0.2) is 0 Å². The maximum absolute atomic E-state index is 12.9. The van der Waals surface area contributed by atoms with Crippen LogP contribution < -0.4 is 5.32 Å². The lowest BCUT2D eigenvalue weighted by Gasteiger charge is -2.13. The normalized spacial score (nSPS) is 11.0. The fourth-order valence-corrected chi connectivity index (χ4v) is 2.01. The van der Waals surface area contributed by atoms with Crippen molar-refractivity contribution in [3.63, 3.8) is 0 Å². The lowest BCUT2D eigenvalue weighted by atomic mass is 10.1. The lowest BCUT2D eigenvalue weighted by Crippen LogP contribution is -2.08. The van der Waals surface area contributed by atoms with E-state index >= 15 is 0 Å². The molecule has 0 aliphatic rings. The first-order valence-corrected chi connectivity index (χ1v) is 6.33. The number of nitrogens with zero attached hydrogens (tertiary/aromatic N) is 1. The van der Waals surface area contributed by atoms with Crippen molar-refractivity contribution in [3.8, 4) is 6.07 Å². The first-order chi connectivity index (χ1) is 9.81. The molecule has 2 aromatic rings. The van der Waals surface area contributed by atoms with Gasteiger partial charge >= 0.3 is 6.18 Å². The quantitative estimate of drug-likeness (QED) is 0.819. The van der Waals surface area contributed by atoms with E-state index in [1.165, 1.54) is 6.07 Å². The molecule has 0 radical (unpaired) electrons. The summed E-state index contributed by atoms with van der Waals surface area (Å²) in [6.07, 6.45) is -4.58. The highest BCUT2D eigenvalue weighted by Gasteiger charge is 2.33. The van der Waals surface area contributed by atoms with Gasteiger partial charge in [-0.1, -0.05) is 17.7 Å². The summed E-state index contributed by atoms with van der Waals surface area (Å²) in [5.41, 5.74) is 0.329. The van der Waals surface area contributed by atoms with E-state index < -0.39 is 17.3 Å². The van der Waals surface area contributed by atoms with Crippen LogP contribution in [0.15, 0.2) is 36.4 Å². The topological polar surface area (TPSA) is 35.8 Å². The van der Waals surface area contributed by atoms with E-state index in [1.807, 2.05) is 6.92 Å². The molecule has 0 amide bonds. The zero-order chi connectivity index (χ0) is 15.6. The number of hydrogen-bond donors (Lipinski definition) is 1. The molecule has 1 N–H and O–H groups in total. The summed E-state index contributed by atoms with van der Waals surface area (Å²) >= 11 is 5.87. The molecular formula is C15H10ClF3N2. The van der Waals surface area contributed by atoms with Gasteiger partial charge in [-0.3, -0.25) is 0 Å². The highest BCUT2D eigenvalue weighted by Crippen LogP contribution is 2.34. The Morgan fingerprint density at radius 3 is 2.48 bits per heavy atom. The van der Waals surface area contributed by atoms with Crippen molar-refractivity contribution in [2.75, 3.05) is 5.32 Å². The van der Waals surface area contributed by atoms with Gasteiger partial charge in [0.25, 0.3) is 0 Å². The summed E-state index contributed by atoms with van der Waals surface area (Å²) in [4.78, 5) is 0. The Bertz CT molecular complexity index is 718. The van der Waals surface area contributed by atoms with Crippen molar-refractivity contribution in [2.24, 2.45) is 0 Å². The Hall–Kier alpha value is -2.19. The lowest BCUT2D eigenvalue weighted by molar-refractivity contribution is -0.137. The van der Waals surface area contributed by atoms with Gasteiger partial charge < -0.3 is 5.32 Å². The maximum Gasteiger partial charge on any atom is 0.417 e. The van der Waals surface area contributed by atoms with Crippen molar-refractivity contribution < 1.29 is 13.2 Å². The van der Waals surface area contributed by atoms with Gasteiger partial charge in [0, 0.05) is 16.4 Å². The van der Waals surface area contributed by atoms with E-state index in [4.69, 9.17) is 16.9 Å². The van der Waals surface area contributed by atoms with Crippen molar-refractivity contribution in [1.82, 2.24) is 0 Å². The largest absolute Gasteiger partial charge is 0.417 e. The highest BCUT2D eigenvalue weighted by atomic mass is 35.5. The van der Waals surface area contributed by atoms with Crippen molar-refractivity contribution in [1.29, 1.82) is 5.26 Å². The van der Waals surface area contributed by atoms with Crippen LogP contribution in [0.5, 0.6) is 0 Å². The minimum absolute atomic E-state index is 0.242. The molecule has 6 heteroatoms. The molecule has 21 heavy (non-hydrogen) atoms. The molecule has 0 aliphatic carbocycles. The third-order valence-electron chi connectivity index (χ3n) is 2.92. The molecule has 0 spiro atoms. The Morgan fingerprint density at radius 1 is 1.14 bits per heavy atom. The van der Waals surface area contributed by atoms with Crippen LogP contribution in [0.3, 0.4) is 0 Å². The van der Waals surface area contributed by atoms with Gasteiger partial charge in [0.2, 0.25) is 0 Å². The number of halogens is 4. The molecule has 108 valence electrons. The minimum Gasteiger partial charge on any atom is -0.355 e. The molecule has 0 bridgehead atoms. The first-order valence-electron chi connectivity index (χ1n) is 5.96. The predicted octanol–water partition coefficient (Wildman–Crippen LogP) is 5.28. The summed E-state index contributed by atoms with van der Waals surface area (Å²) < 4.78 is 38.7. The fraction of sp³-hybridized carbons (Fsp3) is 0.133. The first kappa shape index (κ1) is 15.2. The van der Waals surface area contributed by atoms with Crippen LogP contribution in [0.4, 0.5) is 24.5 Å². The summed E-state index contributed by atoms with van der Waals surface area (Å²) in [5, 5.41) is 12.1. The van der Waals surface area contributed by atoms with Crippen molar-refractivity contribution >= 4 is 23.0 Å². The molecule has 0 fully saturated rings. The Balaban J connectivity index is 2.42. The molecule has 0 saturated heterocycles. The van der Waals surface area contributed by atoms with Gasteiger partial charge in [-0.15, -0.1) is 0 Å². The number of aryl methyl sites for hydroxylation is 1. The minimum atomic E-state index is -4.58. The average Bonchev–Trinajstić information content (AvgIpc) is 2.42. The van der Waals surface area contributed by atoms with Crippen LogP contribution in [0.2, 0.25) is 5.02 Å². The number of alkyl halides is 3. The molecule has 0 unspecified atom stereocenters. The van der Waals surface area contributed by atoms with Gasteiger partial charge in [0.1, 0.15) is 0 Å². The molecule has 2 aromatic carbocycles. The number of nitrogens with one attached hydrogen (secondary N) is 1. The average molecular weight is 311 g/mol. The second-order valence-corrected chi connectivity index (χ2v) is 4.89. The van der Waals surface area contributed by atoms with Gasteiger partial charge in [-0.2, -0.15) is 18.4 Å². The Labute approximate surface area is 124 Å². The van der Waals surface area contributed by atoms with Crippen LogP contribution in [0.25, 0.3) is 0 Å².